The highest BCUT2D eigenvalue weighted by molar-refractivity contribution is 6.05. The number of pyridine rings is 1. The van der Waals surface area contributed by atoms with Crippen molar-refractivity contribution in [1.82, 2.24) is 20.1 Å². The Morgan fingerprint density at radius 2 is 1.81 bits per heavy atom. The summed E-state index contributed by atoms with van der Waals surface area (Å²) in [7, 11) is 0. The molecule has 134 valence electrons. The summed E-state index contributed by atoms with van der Waals surface area (Å²) >= 11 is 0. The maximum Gasteiger partial charge on any atom is 0.253 e. The van der Waals surface area contributed by atoms with Crippen LogP contribution in [-0.4, -0.2) is 20.7 Å². The Kier molecular flexibility index (Phi) is 4.42. The minimum absolute atomic E-state index is 0.140. The maximum atomic E-state index is 12.9. The summed E-state index contributed by atoms with van der Waals surface area (Å²) in [5, 5.41) is 8.52. The van der Waals surface area contributed by atoms with Gasteiger partial charge in [0.2, 0.25) is 0 Å². The summed E-state index contributed by atoms with van der Waals surface area (Å²) in [6.45, 7) is 3.98. The number of amides is 1. The van der Waals surface area contributed by atoms with Gasteiger partial charge in [-0.1, -0.05) is 36.4 Å². The van der Waals surface area contributed by atoms with Gasteiger partial charge in [-0.05, 0) is 38.1 Å². The Balaban J connectivity index is 1.60. The normalized spacial score (nSPS) is 12.1. The zero-order valence-electron chi connectivity index (χ0n) is 15.3. The van der Waals surface area contributed by atoms with Crippen LogP contribution in [0.1, 0.15) is 34.6 Å². The first-order valence-corrected chi connectivity index (χ1v) is 8.89. The molecule has 5 nitrogen and oxygen atoms in total. The van der Waals surface area contributed by atoms with Gasteiger partial charge in [-0.15, -0.1) is 0 Å². The van der Waals surface area contributed by atoms with Gasteiger partial charge in [0.05, 0.1) is 29.0 Å². The molecular weight excluding hydrogens is 336 g/mol. The molecule has 4 rings (SSSR count). The summed E-state index contributed by atoms with van der Waals surface area (Å²) in [6.07, 6.45) is 3.52. The summed E-state index contributed by atoms with van der Waals surface area (Å²) in [6, 6.07) is 19.2. The molecule has 2 aromatic carbocycles. The fourth-order valence-electron chi connectivity index (χ4n) is 3.32. The third-order valence-corrected chi connectivity index (χ3v) is 4.74. The number of para-hydroxylation sites is 2. The molecule has 0 spiro atoms. The molecule has 5 heteroatoms. The molecule has 27 heavy (non-hydrogen) atoms. The van der Waals surface area contributed by atoms with Crippen LogP contribution in [0.15, 0.2) is 73.1 Å². The molecule has 0 aliphatic carbocycles. The van der Waals surface area contributed by atoms with E-state index in [-0.39, 0.29) is 11.9 Å². The molecule has 0 bridgehead atoms. The first-order valence-electron chi connectivity index (χ1n) is 8.89. The largest absolute Gasteiger partial charge is 0.345 e. The van der Waals surface area contributed by atoms with Gasteiger partial charge in [-0.3, -0.25) is 9.78 Å². The van der Waals surface area contributed by atoms with Gasteiger partial charge >= 0.3 is 0 Å². The third-order valence-electron chi connectivity index (χ3n) is 4.74. The Morgan fingerprint density at radius 1 is 1.04 bits per heavy atom. The predicted octanol–water partition coefficient (Wildman–Crippen LogP) is 4.22. The van der Waals surface area contributed by atoms with Crippen molar-refractivity contribution in [3.8, 4) is 5.69 Å². The second-order valence-corrected chi connectivity index (χ2v) is 6.51. The van der Waals surface area contributed by atoms with Crippen molar-refractivity contribution in [1.29, 1.82) is 0 Å². The van der Waals surface area contributed by atoms with Crippen molar-refractivity contribution in [3.05, 3.63) is 89.9 Å². The lowest BCUT2D eigenvalue weighted by Gasteiger charge is -2.15. The van der Waals surface area contributed by atoms with Crippen LogP contribution in [0, 0.1) is 6.92 Å². The molecule has 0 aliphatic rings. The van der Waals surface area contributed by atoms with E-state index in [9.17, 15) is 4.79 Å². The van der Waals surface area contributed by atoms with E-state index in [2.05, 4.69) is 15.4 Å². The Labute approximate surface area is 157 Å². The van der Waals surface area contributed by atoms with Crippen LogP contribution in [0.4, 0.5) is 0 Å². The first-order chi connectivity index (χ1) is 13.1. The molecule has 0 aliphatic heterocycles. The van der Waals surface area contributed by atoms with E-state index < -0.39 is 0 Å². The Bertz CT molecular complexity index is 1100. The first kappa shape index (κ1) is 17.0. The zero-order chi connectivity index (χ0) is 18.8. The van der Waals surface area contributed by atoms with Crippen molar-refractivity contribution >= 4 is 16.8 Å². The molecule has 1 amide bonds. The van der Waals surface area contributed by atoms with E-state index in [0.717, 1.165) is 22.3 Å². The summed E-state index contributed by atoms with van der Waals surface area (Å²) in [5.41, 5.74) is 4.28. The van der Waals surface area contributed by atoms with E-state index in [1.807, 2.05) is 79.3 Å². The van der Waals surface area contributed by atoms with Crippen molar-refractivity contribution in [3.63, 3.8) is 0 Å². The van der Waals surface area contributed by atoms with Crippen LogP contribution in [-0.2, 0) is 0 Å². The summed E-state index contributed by atoms with van der Waals surface area (Å²) in [5.74, 6) is -0.140. The Morgan fingerprint density at radius 3 is 2.63 bits per heavy atom. The molecule has 0 radical (unpaired) electrons. The van der Waals surface area contributed by atoms with E-state index in [0.29, 0.717) is 11.1 Å². The number of fused-ring (bicyclic) bond motifs is 1. The van der Waals surface area contributed by atoms with Crippen LogP contribution in [0.25, 0.3) is 16.6 Å². The molecule has 4 aromatic rings. The zero-order valence-corrected chi connectivity index (χ0v) is 15.3. The van der Waals surface area contributed by atoms with Crippen molar-refractivity contribution in [2.24, 2.45) is 0 Å². The predicted molar refractivity (Wildman–Crippen MR) is 106 cm³/mol. The maximum absolute atomic E-state index is 12.9. The van der Waals surface area contributed by atoms with Crippen molar-refractivity contribution in [2.75, 3.05) is 0 Å². The van der Waals surface area contributed by atoms with Crippen LogP contribution < -0.4 is 5.32 Å². The number of aromatic nitrogens is 3. The molecule has 2 heterocycles. The average Bonchev–Trinajstić information content (AvgIpc) is 3.09. The number of hydrogen-bond acceptors (Lipinski definition) is 3. The summed E-state index contributed by atoms with van der Waals surface area (Å²) in [4.78, 5) is 17.2. The minimum Gasteiger partial charge on any atom is -0.345 e. The molecule has 0 fully saturated rings. The van der Waals surface area contributed by atoms with Gasteiger partial charge in [0.15, 0.2) is 0 Å². The number of carbonyl (C=O) groups excluding carboxylic acids is 1. The monoisotopic (exact) mass is 356 g/mol. The molecule has 1 unspecified atom stereocenters. The van der Waals surface area contributed by atoms with Crippen molar-refractivity contribution in [2.45, 2.75) is 19.9 Å². The topological polar surface area (TPSA) is 59.8 Å². The molecule has 1 N–H and O–H groups in total. The number of nitrogens with zero attached hydrogens (tertiary/aromatic N) is 3. The van der Waals surface area contributed by atoms with Crippen LogP contribution >= 0.6 is 0 Å². The van der Waals surface area contributed by atoms with E-state index in [1.165, 1.54) is 0 Å². The van der Waals surface area contributed by atoms with Gasteiger partial charge in [0.25, 0.3) is 5.91 Å². The quantitative estimate of drug-likeness (QED) is 0.595. The molecular formula is C22H20N4O. The van der Waals surface area contributed by atoms with E-state index >= 15 is 0 Å². The lowest BCUT2D eigenvalue weighted by Crippen LogP contribution is -2.27. The number of hydrogen-bond donors (Lipinski definition) is 1. The fraction of sp³-hybridized carbons (Fsp3) is 0.136. The minimum atomic E-state index is -0.172. The number of carbonyl (C=O) groups is 1. The fourth-order valence-corrected chi connectivity index (χ4v) is 3.32. The highest BCUT2D eigenvalue weighted by Gasteiger charge is 2.18. The molecule has 2 aromatic heterocycles. The van der Waals surface area contributed by atoms with Gasteiger partial charge < -0.3 is 5.32 Å². The lowest BCUT2D eigenvalue weighted by atomic mass is 10.1. The third kappa shape index (κ3) is 3.19. The second kappa shape index (κ2) is 7.03. The summed E-state index contributed by atoms with van der Waals surface area (Å²) < 4.78 is 1.89. The van der Waals surface area contributed by atoms with Crippen LogP contribution in [0.5, 0.6) is 0 Å². The van der Waals surface area contributed by atoms with E-state index in [1.54, 1.807) is 12.3 Å². The van der Waals surface area contributed by atoms with Crippen LogP contribution in [0.3, 0.4) is 0 Å². The van der Waals surface area contributed by atoms with Gasteiger partial charge in [-0.25, -0.2) is 4.68 Å². The smallest absolute Gasteiger partial charge is 0.253 e. The molecule has 0 saturated heterocycles. The SMILES string of the molecule is Cc1c(C(C)NC(=O)c2cccc3cccnc23)cnn1-c1ccccc1. The lowest BCUT2D eigenvalue weighted by molar-refractivity contribution is 0.0941. The van der Waals surface area contributed by atoms with Crippen LogP contribution in [0.2, 0.25) is 0 Å². The number of benzene rings is 2. The standard InChI is InChI=1S/C22H20N4O/c1-15(20-14-24-26(16(20)2)18-10-4-3-5-11-18)25-22(27)19-12-6-8-17-9-7-13-23-21(17)19/h3-15H,1-2H3,(H,25,27). The number of nitrogens with one attached hydrogen (secondary N) is 1. The number of rotatable bonds is 4. The van der Waals surface area contributed by atoms with Gasteiger partial charge in [-0.2, -0.15) is 5.10 Å². The molecule has 0 saturated carbocycles. The van der Waals surface area contributed by atoms with Gasteiger partial charge in [0, 0.05) is 22.8 Å². The second-order valence-electron chi connectivity index (χ2n) is 6.51. The Hall–Kier alpha value is -3.47. The van der Waals surface area contributed by atoms with Gasteiger partial charge in [0.1, 0.15) is 0 Å². The highest BCUT2D eigenvalue weighted by atomic mass is 16.1. The van der Waals surface area contributed by atoms with E-state index in [4.69, 9.17) is 0 Å². The highest BCUT2D eigenvalue weighted by Crippen LogP contribution is 2.22. The molecule has 1 atom stereocenters. The average molecular weight is 356 g/mol. The van der Waals surface area contributed by atoms with Crippen molar-refractivity contribution < 1.29 is 4.79 Å².